The molecule has 65 heavy (non-hydrogen) atoms. The van der Waals surface area contributed by atoms with E-state index in [1.54, 1.807) is 0 Å². The van der Waals surface area contributed by atoms with E-state index in [2.05, 4.69) is 198 Å². The number of nitrogens with one attached hydrogen (secondary N) is 2. The normalized spacial score (nSPS) is 12.4. The quantitative estimate of drug-likeness (QED) is 0.133. The maximum absolute atomic E-state index is 7.24. The van der Waals surface area contributed by atoms with Gasteiger partial charge in [-0.2, -0.15) is 0 Å². The van der Waals surface area contributed by atoms with Crippen LogP contribution < -0.4 is 11.5 Å². The molecule has 0 bridgehead atoms. The van der Waals surface area contributed by atoms with E-state index in [4.69, 9.17) is 11.5 Å². The second-order valence-electron chi connectivity index (χ2n) is 17.7. The Morgan fingerprint density at radius 1 is 0.308 bits per heavy atom. The van der Waals surface area contributed by atoms with Gasteiger partial charge in [-0.15, -0.1) is 0 Å². The van der Waals surface area contributed by atoms with Crippen LogP contribution in [0.25, 0.3) is 132 Å². The molecule has 6 N–H and O–H groups in total. The number of hydrogen-bond acceptors (Lipinski definition) is 2. The van der Waals surface area contributed by atoms with E-state index in [0.717, 1.165) is 49.5 Å². The summed E-state index contributed by atoms with van der Waals surface area (Å²) in [5.74, 6) is 0. The van der Waals surface area contributed by atoms with E-state index >= 15 is 0 Å². The molecule has 0 radical (unpaired) electrons. The first kappa shape index (κ1) is 35.9. The minimum Gasteiger partial charge on any atom is -0.398 e. The van der Waals surface area contributed by atoms with Gasteiger partial charge in [0.15, 0.2) is 0 Å². The van der Waals surface area contributed by atoms with Crippen molar-refractivity contribution in [3.05, 3.63) is 205 Å². The van der Waals surface area contributed by atoms with Crippen molar-refractivity contribution in [1.82, 2.24) is 9.97 Å². The van der Waals surface area contributed by atoms with Gasteiger partial charge in [-0.3, -0.25) is 0 Å². The largest absolute Gasteiger partial charge is 0.398 e. The van der Waals surface area contributed by atoms with Gasteiger partial charge in [-0.25, -0.2) is 0 Å². The fraction of sp³-hybridized carbons (Fsp3) is 0.0164. The van der Waals surface area contributed by atoms with Crippen molar-refractivity contribution in [1.29, 1.82) is 0 Å². The van der Waals surface area contributed by atoms with Gasteiger partial charge in [0.25, 0.3) is 0 Å². The van der Waals surface area contributed by atoms with Gasteiger partial charge in [-0.1, -0.05) is 158 Å². The summed E-state index contributed by atoms with van der Waals surface area (Å²) in [5, 5.41) is 11.7. The Kier molecular flexibility index (Phi) is 7.44. The van der Waals surface area contributed by atoms with E-state index in [0.29, 0.717) is 17.8 Å². The highest BCUT2D eigenvalue weighted by Gasteiger charge is 2.31. The number of aromatic nitrogens is 2. The first-order valence-corrected chi connectivity index (χ1v) is 22.4. The van der Waals surface area contributed by atoms with Crippen molar-refractivity contribution in [3.63, 3.8) is 0 Å². The summed E-state index contributed by atoms with van der Waals surface area (Å²) in [6.07, 6.45) is 0.712. The Morgan fingerprint density at radius 3 is 1.46 bits per heavy atom. The zero-order valence-electron chi connectivity index (χ0n) is 35.3. The van der Waals surface area contributed by atoms with Gasteiger partial charge in [0.05, 0.1) is 0 Å². The fourth-order valence-corrected chi connectivity index (χ4v) is 11.6. The number of nitrogens with two attached hydrogens (primary N) is 2. The number of aromatic amines is 2. The molecule has 0 saturated carbocycles. The lowest BCUT2D eigenvalue weighted by Crippen LogP contribution is -2.09. The van der Waals surface area contributed by atoms with Crippen molar-refractivity contribution in [2.75, 3.05) is 11.5 Å². The molecule has 0 saturated heterocycles. The lowest BCUT2D eigenvalue weighted by molar-refractivity contribution is 1.20. The molecular weight excluding hydrogens is 789 g/mol. The zero-order valence-corrected chi connectivity index (χ0v) is 35.3. The van der Waals surface area contributed by atoms with Crippen LogP contribution in [0.4, 0.5) is 11.4 Å². The number of benzene rings is 11. The first-order chi connectivity index (χ1) is 32.1. The van der Waals surface area contributed by atoms with Gasteiger partial charge in [0.2, 0.25) is 0 Å². The van der Waals surface area contributed by atoms with Gasteiger partial charge >= 0.3 is 0 Å². The maximum Gasteiger partial charge on any atom is 0.0471 e. The minimum atomic E-state index is 0.678. The summed E-state index contributed by atoms with van der Waals surface area (Å²) >= 11 is 0. The SMILES string of the molecule is Nc1cc(N)c2cc(-c3c(-c4cccc5[nH]c6ccccc6c45)ccc4ccccc34)c(-c3c(-c4cccc5[nH]c6ccccc6c45)ccc4ccccc34)c3c2c1-c1ccccc1C3. The highest BCUT2D eigenvalue weighted by atomic mass is 14.7. The molecule has 0 amide bonds. The number of H-pyrrole nitrogens is 2. The average Bonchev–Trinajstić information content (AvgIpc) is 3.93. The molecule has 0 spiro atoms. The van der Waals surface area contributed by atoms with Gasteiger partial charge in [-0.05, 0) is 131 Å². The van der Waals surface area contributed by atoms with Crippen LogP contribution >= 0.6 is 0 Å². The van der Waals surface area contributed by atoms with Crippen molar-refractivity contribution < 1.29 is 0 Å². The number of rotatable bonds is 4. The van der Waals surface area contributed by atoms with E-state index < -0.39 is 0 Å². The van der Waals surface area contributed by atoms with Crippen LogP contribution in [0.2, 0.25) is 0 Å². The van der Waals surface area contributed by atoms with E-state index in [-0.39, 0.29) is 0 Å². The van der Waals surface area contributed by atoms with Crippen LogP contribution in [-0.2, 0) is 6.42 Å². The topological polar surface area (TPSA) is 83.6 Å². The standard InChI is InChI=1S/C61H40N4/c62-49-33-50(63)61-39-18-6-3-15-36(39)31-47-59(61)46(49)32-48(55-37-16-4-1-13-34(37)27-29-42(55)40-21-11-25-53-56(40)44-19-7-9-23-51(44)64-53)60(47)58-38-17-5-2-14-35(38)28-30-43(58)41-22-12-26-54-57(41)45-20-8-10-24-52(45)65-54/h1-30,32-33,64-65H,31,62-63H2. The Hall–Kier alpha value is -8.60. The predicted octanol–water partition coefficient (Wildman–Crippen LogP) is 15.8. The Labute approximate surface area is 374 Å². The molecule has 1 aliphatic rings. The lowest BCUT2D eigenvalue weighted by atomic mass is 9.74. The predicted molar refractivity (Wildman–Crippen MR) is 276 cm³/mol. The molecule has 13 aromatic rings. The number of fused-ring (bicyclic) bond motifs is 10. The number of hydrogen-bond donors (Lipinski definition) is 4. The second-order valence-corrected chi connectivity index (χ2v) is 17.7. The molecule has 2 aromatic heterocycles. The zero-order chi connectivity index (χ0) is 42.9. The molecule has 0 atom stereocenters. The lowest BCUT2D eigenvalue weighted by Gasteiger charge is -2.30. The number of anilines is 2. The number of nitrogen functional groups attached to an aromatic ring is 2. The van der Waals surface area contributed by atoms with Gasteiger partial charge in [0.1, 0.15) is 0 Å². The second kappa shape index (κ2) is 13.5. The third kappa shape index (κ3) is 5.08. The summed E-state index contributed by atoms with van der Waals surface area (Å²) in [7, 11) is 0. The van der Waals surface area contributed by atoms with Crippen molar-refractivity contribution in [2.24, 2.45) is 0 Å². The molecule has 2 heterocycles. The Morgan fingerprint density at radius 2 is 0.815 bits per heavy atom. The smallest absolute Gasteiger partial charge is 0.0471 e. The van der Waals surface area contributed by atoms with E-state index in [1.807, 2.05) is 6.07 Å². The van der Waals surface area contributed by atoms with Crippen LogP contribution in [0.5, 0.6) is 0 Å². The highest BCUT2D eigenvalue weighted by Crippen LogP contribution is 2.56. The molecular formula is C61H40N4. The Bertz CT molecular complexity index is 4180. The molecule has 4 nitrogen and oxygen atoms in total. The van der Waals surface area contributed by atoms with Crippen LogP contribution in [-0.4, -0.2) is 9.97 Å². The molecule has 0 aliphatic heterocycles. The number of para-hydroxylation sites is 2. The Balaban J connectivity index is 1.22. The van der Waals surface area contributed by atoms with Crippen LogP contribution in [0.1, 0.15) is 11.1 Å². The fourth-order valence-electron chi connectivity index (χ4n) is 11.6. The third-order valence-electron chi connectivity index (χ3n) is 14.3. The highest BCUT2D eigenvalue weighted by molar-refractivity contribution is 6.24. The minimum absolute atomic E-state index is 0.678. The molecule has 0 fully saturated rings. The van der Waals surface area contributed by atoms with Gasteiger partial charge < -0.3 is 21.4 Å². The molecule has 14 rings (SSSR count). The monoisotopic (exact) mass is 828 g/mol. The van der Waals surface area contributed by atoms with E-state index in [9.17, 15) is 0 Å². The average molecular weight is 829 g/mol. The van der Waals surface area contributed by atoms with Crippen molar-refractivity contribution in [3.8, 4) is 55.6 Å². The van der Waals surface area contributed by atoms with E-state index in [1.165, 1.54) is 93.2 Å². The summed E-state index contributed by atoms with van der Waals surface area (Å²) in [6.45, 7) is 0. The van der Waals surface area contributed by atoms with Crippen LogP contribution in [0, 0.1) is 0 Å². The summed E-state index contributed by atoms with van der Waals surface area (Å²) < 4.78 is 0. The molecule has 1 aliphatic carbocycles. The molecule has 0 unspecified atom stereocenters. The summed E-state index contributed by atoms with van der Waals surface area (Å²) in [4.78, 5) is 7.49. The summed E-state index contributed by atoms with van der Waals surface area (Å²) in [5.41, 5.74) is 34.4. The van der Waals surface area contributed by atoms with Gasteiger partial charge in [0, 0.05) is 65.9 Å². The third-order valence-corrected chi connectivity index (χ3v) is 14.3. The maximum atomic E-state index is 7.24. The molecule has 4 heteroatoms. The summed E-state index contributed by atoms with van der Waals surface area (Å²) in [6, 6.07) is 70.9. The van der Waals surface area contributed by atoms with Crippen LogP contribution in [0.15, 0.2) is 194 Å². The van der Waals surface area contributed by atoms with Crippen molar-refractivity contribution >= 4 is 87.3 Å². The van der Waals surface area contributed by atoms with Crippen molar-refractivity contribution in [2.45, 2.75) is 6.42 Å². The molecule has 304 valence electrons. The van der Waals surface area contributed by atoms with Crippen LogP contribution in [0.3, 0.4) is 0 Å². The first-order valence-electron chi connectivity index (χ1n) is 22.4. The molecule has 11 aromatic carbocycles.